The number of carbonyl (C=O) groups is 2. The van der Waals surface area contributed by atoms with E-state index in [4.69, 9.17) is 16.3 Å². The number of H-pyrrole nitrogens is 1. The van der Waals surface area contributed by atoms with Crippen LogP contribution in [0.3, 0.4) is 0 Å². The Labute approximate surface area is 188 Å². The molecule has 2 amide bonds. The number of nitrogens with zero attached hydrogens (tertiary/aromatic N) is 2. The molecule has 0 aliphatic carbocycles. The van der Waals surface area contributed by atoms with Gasteiger partial charge in [-0.1, -0.05) is 25.4 Å². The van der Waals surface area contributed by atoms with Crippen LogP contribution in [0.2, 0.25) is 5.02 Å². The number of hydrogen-bond acceptors (Lipinski definition) is 5. The number of ether oxygens (including phenoxy) is 1. The molecule has 31 heavy (non-hydrogen) atoms. The second kappa shape index (κ2) is 9.34. The molecule has 2 aromatic heterocycles. The Balaban J connectivity index is 1.84. The topological polar surface area (TPSA) is 99.4 Å². The number of anilines is 2. The molecular formula is C22H32ClN5O3. The van der Waals surface area contributed by atoms with Crippen molar-refractivity contribution in [1.29, 1.82) is 0 Å². The van der Waals surface area contributed by atoms with E-state index >= 15 is 0 Å². The number of fused-ring (bicyclic) bond motifs is 1. The summed E-state index contributed by atoms with van der Waals surface area (Å²) < 4.78 is 5.40. The van der Waals surface area contributed by atoms with Crippen LogP contribution in [-0.2, 0) is 9.53 Å². The van der Waals surface area contributed by atoms with Gasteiger partial charge in [0.15, 0.2) is 0 Å². The summed E-state index contributed by atoms with van der Waals surface area (Å²) in [6.07, 6.45) is 5.11. The van der Waals surface area contributed by atoms with Crippen molar-refractivity contribution in [3.63, 3.8) is 0 Å². The maximum Gasteiger partial charge on any atom is 0.407 e. The zero-order chi connectivity index (χ0) is 22.8. The summed E-state index contributed by atoms with van der Waals surface area (Å²) >= 11 is 6.58. The monoisotopic (exact) mass is 449 g/mol. The number of amides is 2. The molecule has 9 heteroatoms. The molecule has 0 saturated carbocycles. The molecule has 1 atom stereocenters. The number of nitrogens with one attached hydrogen (secondary N) is 3. The second-order valence-electron chi connectivity index (χ2n) is 9.46. The van der Waals surface area contributed by atoms with Gasteiger partial charge in [-0.3, -0.25) is 4.79 Å². The maximum atomic E-state index is 12.4. The van der Waals surface area contributed by atoms with E-state index in [0.29, 0.717) is 29.3 Å². The fourth-order valence-electron chi connectivity index (χ4n) is 3.81. The zero-order valence-electron chi connectivity index (χ0n) is 18.8. The second-order valence-corrected chi connectivity index (χ2v) is 9.87. The minimum absolute atomic E-state index is 0.0510. The van der Waals surface area contributed by atoms with Crippen LogP contribution in [0.25, 0.3) is 11.0 Å². The lowest BCUT2D eigenvalue weighted by atomic mass is 10.0. The van der Waals surface area contributed by atoms with Crippen LogP contribution >= 0.6 is 11.6 Å². The first-order valence-corrected chi connectivity index (χ1v) is 11.1. The number of aromatic amines is 1. The van der Waals surface area contributed by atoms with Gasteiger partial charge < -0.3 is 25.3 Å². The summed E-state index contributed by atoms with van der Waals surface area (Å²) in [6.45, 7) is 10.9. The summed E-state index contributed by atoms with van der Waals surface area (Å²) in [4.78, 5) is 34.2. The van der Waals surface area contributed by atoms with Crippen molar-refractivity contribution in [2.45, 2.75) is 65.5 Å². The van der Waals surface area contributed by atoms with Gasteiger partial charge in [0, 0.05) is 31.7 Å². The molecule has 1 saturated heterocycles. The van der Waals surface area contributed by atoms with Crippen LogP contribution in [0.4, 0.5) is 16.2 Å². The van der Waals surface area contributed by atoms with Crippen molar-refractivity contribution in [1.82, 2.24) is 15.3 Å². The van der Waals surface area contributed by atoms with Crippen LogP contribution in [-0.4, -0.2) is 46.7 Å². The highest BCUT2D eigenvalue weighted by Gasteiger charge is 2.27. The standard InChI is InChI=1S/C22H32ClN5O3/c1-13(2)9-17(29)27-16-11-25-20-18(16)19(15(23)10-24-20)28-8-6-7-14(12-28)26-21(30)31-22(3,4)5/h10-11,13-14H,6-9,12H2,1-5H3,(H,24,25)(H,26,30)(H,27,29)/t14-/m1/s1. The fourth-order valence-corrected chi connectivity index (χ4v) is 4.07. The quantitative estimate of drug-likeness (QED) is 0.614. The minimum Gasteiger partial charge on any atom is -0.444 e. The van der Waals surface area contributed by atoms with E-state index in [1.807, 2.05) is 34.6 Å². The molecule has 8 nitrogen and oxygen atoms in total. The van der Waals surface area contributed by atoms with Crippen LogP contribution in [0.5, 0.6) is 0 Å². The number of halogens is 1. The molecule has 170 valence electrons. The van der Waals surface area contributed by atoms with E-state index in [1.54, 1.807) is 12.4 Å². The molecule has 0 unspecified atom stereocenters. The van der Waals surface area contributed by atoms with E-state index in [2.05, 4.69) is 25.5 Å². The van der Waals surface area contributed by atoms with Gasteiger partial charge in [-0.15, -0.1) is 0 Å². The van der Waals surface area contributed by atoms with Gasteiger partial charge in [-0.05, 0) is 39.5 Å². The maximum absolute atomic E-state index is 12.4. The Morgan fingerprint density at radius 1 is 1.39 bits per heavy atom. The zero-order valence-corrected chi connectivity index (χ0v) is 19.6. The van der Waals surface area contributed by atoms with Gasteiger partial charge in [0.25, 0.3) is 0 Å². The van der Waals surface area contributed by atoms with Gasteiger partial charge in [0.1, 0.15) is 11.2 Å². The number of pyridine rings is 1. The number of carbonyl (C=O) groups excluding carboxylic acids is 2. The molecule has 3 heterocycles. The molecule has 0 aromatic carbocycles. The van der Waals surface area contributed by atoms with Crippen LogP contribution in [0.1, 0.15) is 53.9 Å². The van der Waals surface area contributed by atoms with E-state index in [-0.39, 0.29) is 17.9 Å². The first kappa shape index (κ1) is 23.2. The predicted octanol–water partition coefficient (Wildman–Crippen LogP) is 4.69. The third-order valence-electron chi connectivity index (χ3n) is 4.96. The first-order valence-electron chi connectivity index (χ1n) is 10.7. The SMILES string of the molecule is CC(C)CC(=O)Nc1c[nH]c2ncc(Cl)c(N3CCC[C@@H](NC(=O)OC(C)(C)C)C3)c12. The lowest BCUT2D eigenvalue weighted by Gasteiger charge is -2.36. The highest BCUT2D eigenvalue weighted by Crippen LogP contribution is 2.38. The Bertz CT molecular complexity index is 951. The molecule has 1 aliphatic heterocycles. The van der Waals surface area contributed by atoms with Gasteiger partial charge in [0.2, 0.25) is 5.91 Å². The lowest BCUT2D eigenvalue weighted by Crippen LogP contribution is -2.49. The summed E-state index contributed by atoms with van der Waals surface area (Å²) in [6, 6.07) is -0.0687. The van der Waals surface area contributed by atoms with E-state index in [9.17, 15) is 9.59 Å². The minimum atomic E-state index is -0.548. The molecule has 0 spiro atoms. The van der Waals surface area contributed by atoms with Crippen LogP contribution < -0.4 is 15.5 Å². The third kappa shape index (κ3) is 6.03. The predicted molar refractivity (Wildman–Crippen MR) is 124 cm³/mol. The van der Waals surface area contributed by atoms with Gasteiger partial charge in [0.05, 0.1) is 28.0 Å². The van der Waals surface area contributed by atoms with E-state index in [1.165, 1.54) is 0 Å². The third-order valence-corrected chi connectivity index (χ3v) is 5.23. The van der Waals surface area contributed by atoms with Crippen molar-refractivity contribution in [3.8, 4) is 0 Å². The summed E-state index contributed by atoms with van der Waals surface area (Å²) in [5.41, 5.74) is 1.57. The van der Waals surface area contributed by atoms with E-state index < -0.39 is 11.7 Å². The Hall–Kier alpha value is -2.48. The highest BCUT2D eigenvalue weighted by molar-refractivity contribution is 6.35. The Morgan fingerprint density at radius 2 is 2.13 bits per heavy atom. The van der Waals surface area contributed by atoms with Crippen LogP contribution in [0.15, 0.2) is 12.4 Å². The Morgan fingerprint density at radius 3 is 2.81 bits per heavy atom. The highest BCUT2D eigenvalue weighted by atomic mass is 35.5. The molecular weight excluding hydrogens is 418 g/mol. The molecule has 0 radical (unpaired) electrons. The van der Waals surface area contributed by atoms with E-state index in [0.717, 1.165) is 30.5 Å². The smallest absolute Gasteiger partial charge is 0.407 e. The number of alkyl carbamates (subject to hydrolysis) is 1. The van der Waals surface area contributed by atoms with Crippen molar-refractivity contribution < 1.29 is 14.3 Å². The van der Waals surface area contributed by atoms with Crippen molar-refractivity contribution >= 4 is 46.0 Å². The lowest BCUT2D eigenvalue weighted by molar-refractivity contribution is -0.116. The molecule has 1 aliphatic rings. The average Bonchev–Trinajstić information content (AvgIpc) is 3.02. The molecule has 0 bridgehead atoms. The summed E-state index contributed by atoms with van der Waals surface area (Å²) in [7, 11) is 0. The molecule has 3 rings (SSSR count). The largest absolute Gasteiger partial charge is 0.444 e. The number of piperidine rings is 1. The van der Waals surface area contributed by atoms with Crippen molar-refractivity contribution in [3.05, 3.63) is 17.4 Å². The molecule has 1 fully saturated rings. The fraction of sp³-hybridized carbons (Fsp3) is 0.591. The molecule has 2 aromatic rings. The Kier molecular flexibility index (Phi) is 6.99. The number of rotatable bonds is 5. The number of aromatic nitrogens is 2. The van der Waals surface area contributed by atoms with Crippen molar-refractivity contribution in [2.24, 2.45) is 5.92 Å². The normalized spacial score (nSPS) is 17.1. The number of hydrogen-bond donors (Lipinski definition) is 3. The first-order chi connectivity index (χ1) is 14.5. The van der Waals surface area contributed by atoms with Crippen LogP contribution in [0, 0.1) is 5.92 Å². The van der Waals surface area contributed by atoms with Gasteiger partial charge >= 0.3 is 6.09 Å². The van der Waals surface area contributed by atoms with Gasteiger partial charge in [-0.2, -0.15) is 0 Å². The van der Waals surface area contributed by atoms with Crippen molar-refractivity contribution in [2.75, 3.05) is 23.3 Å². The average molecular weight is 450 g/mol. The summed E-state index contributed by atoms with van der Waals surface area (Å²) in [5.74, 6) is 0.207. The summed E-state index contributed by atoms with van der Waals surface area (Å²) in [5, 5.41) is 7.24. The van der Waals surface area contributed by atoms with Gasteiger partial charge in [-0.25, -0.2) is 9.78 Å². The molecule has 3 N–H and O–H groups in total.